The van der Waals surface area contributed by atoms with Crippen LogP contribution in [0.15, 0.2) is 48.5 Å². The van der Waals surface area contributed by atoms with Crippen molar-refractivity contribution in [1.29, 1.82) is 0 Å². The van der Waals surface area contributed by atoms with E-state index in [0.717, 1.165) is 44.7 Å². The second kappa shape index (κ2) is 10.4. The van der Waals surface area contributed by atoms with E-state index >= 15 is 0 Å². The van der Waals surface area contributed by atoms with Crippen molar-refractivity contribution in [3.05, 3.63) is 54.1 Å². The molecule has 2 aliphatic rings. The normalized spacial score (nSPS) is 23.2. The average Bonchev–Trinajstić information content (AvgIpc) is 3.01. The molecule has 0 saturated carbocycles. The number of fused-ring (bicyclic) bond motifs is 1. The van der Waals surface area contributed by atoms with E-state index in [4.69, 9.17) is 14.2 Å². The van der Waals surface area contributed by atoms with Crippen LogP contribution in [0.4, 0.5) is 5.69 Å². The molecular formula is C26H34N2O5. The summed E-state index contributed by atoms with van der Waals surface area (Å²) < 4.78 is 16.7. The number of rotatable bonds is 7. The van der Waals surface area contributed by atoms with Crippen molar-refractivity contribution in [1.82, 2.24) is 4.90 Å². The molecule has 2 unspecified atom stereocenters. The zero-order chi connectivity index (χ0) is 23.3. The minimum Gasteiger partial charge on any atom is -0.497 e. The molecule has 7 nitrogen and oxygen atoms in total. The molecule has 2 atom stereocenters. The Balaban J connectivity index is 1.41. The van der Waals surface area contributed by atoms with Gasteiger partial charge < -0.3 is 24.2 Å². The molecule has 0 aromatic heterocycles. The molecule has 2 aromatic carbocycles. The molecule has 178 valence electrons. The standard InChI is InChI=1S/C26H34N2O5/c1-31-22-11-9-20-10-12-24(29)26(25(30)32-2,33-23(20)19-22)13-6-14-27-15-17-28(18-16-27)21-7-4-3-5-8-21/h3-5,7-9,11,19,24,29H,6,10,12-18H2,1-2H3. The summed E-state index contributed by atoms with van der Waals surface area (Å²) in [5, 5.41) is 11.0. The number of hydrogen-bond acceptors (Lipinski definition) is 7. The van der Waals surface area contributed by atoms with Crippen molar-refractivity contribution in [3.8, 4) is 11.5 Å². The number of methoxy groups -OCH3 is 2. The van der Waals surface area contributed by atoms with Gasteiger partial charge in [-0.05, 0) is 49.6 Å². The maximum absolute atomic E-state index is 12.9. The molecule has 0 amide bonds. The molecule has 2 aromatic rings. The van der Waals surface area contributed by atoms with E-state index in [1.807, 2.05) is 18.2 Å². The van der Waals surface area contributed by atoms with E-state index in [2.05, 4.69) is 34.1 Å². The first-order valence-corrected chi connectivity index (χ1v) is 11.7. The zero-order valence-corrected chi connectivity index (χ0v) is 19.5. The minimum atomic E-state index is -1.42. The van der Waals surface area contributed by atoms with Crippen molar-refractivity contribution < 1.29 is 24.1 Å². The second-order valence-corrected chi connectivity index (χ2v) is 8.78. The molecule has 0 aliphatic carbocycles. The number of carbonyl (C=O) groups is 1. The number of hydrogen-bond donors (Lipinski definition) is 1. The van der Waals surface area contributed by atoms with E-state index in [1.54, 1.807) is 13.2 Å². The number of carbonyl (C=O) groups excluding carboxylic acids is 1. The Morgan fingerprint density at radius 2 is 1.88 bits per heavy atom. The Morgan fingerprint density at radius 3 is 2.58 bits per heavy atom. The highest BCUT2D eigenvalue weighted by molar-refractivity contribution is 5.81. The molecule has 1 N–H and O–H groups in total. The van der Waals surface area contributed by atoms with Crippen molar-refractivity contribution in [2.24, 2.45) is 0 Å². The van der Waals surface area contributed by atoms with Gasteiger partial charge in [-0.25, -0.2) is 4.79 Å². The predicted molar refractivity (Wildman–Crippen MR) is 127 cm³/mol. The number of aliphatic hydroxyl groups is 1. The molecule has 0 spiro atoms. The van der Waals surface area contributed by atoms with Gasteiger partial charge in [0, 0.05) is 44.4 Å². The number of para-hydroxylation sites is 1. The van der Waals surface area contributed by atoms with Crippen LogP contribution in [0, 0.1) is 0 Å². The van der Waals surface area contributed by atoms with Crippen LogP contribution in [0.5, 0.6) is 11.5 Å². The highest BCUT2D eigenvalue weighted by Gasteiger charge is 2.50. The highest BCUT2D eigenvalue weighted by Crippen LogP contribution is 2.38. The molecule has 2 heterocycles. The number of benzene rings is 2. The third kappa shape index (κ3) is 5.09. The van der Waals surface area contributed by atoms with Gasteiger partial charge in [-0.3, -0.25) is 4.90 Å². The summed E-state index contributed by atoms with van der Waals surface area (Å²) in [7, 11) is 2.94. The Kier molecular flexibility index (Phi) is 7.40. The molecule has 0 radical (unpaired) electrons. The monoisotopic (exact) mass is 454 g/mol. The van der Waals surface area contributed by atoms with E-state index in [0.29, 0.717) is 30.8 Å². The topological polar surface area (TPSA) is 71.5 Å². The van der Waals surface area contributed by atoms with Crippen molar-refractivity contribution in [2.75, 3.05) is 51.8 Å². The van der Waals surface area contributed by atoms with Gasteiger partial charge in [0.1, 0.15) is 17.6 Å². The number of ether oxygens (including phenoxy) is 3. The Hall–Kier alpha value is -2.77. The van der Waals surface area contributed by atoms with Crippen molar-refractivity contribution in [3.63, 3.8) is 0 Å². The summed E-state index contributed by atoms with van der Waals surface area (Å²) in [5.41, 5.74) is 0.793. The summed E-state index contributed by atoms with van der Waals surface area (Å²) in [6.45, 7) is 4.70. The van der Waals surface area contributed by atoms with Crippen LogP contribution in [-0.4, -0.2) is 74.6 Å². The molecule has 33 heavy (non-hydrogen) atoms. The van der Waals surface area contributed by atoms with E-state index in [9.17, 15) is 9.90 Å². The van der Waals surface area contributed by atoms with Crippen LogP contribution in [0.3, 0.4) is 0 Å². The summed E-state index contributed by atoms with van der Waals surface area (Å²) >= 11 is 0. The maximum atomic E-state index is 12.9. The minimum absolute atomic E-state index is 0.385. The van der Waals surface area contributed by atoms with Crippen LogP contribution in [0.25, 0.3) is 0 Å². The van der Waals surface area contributed by atoms with Crippen LogP contribution in [-0.2, 0) is 16.0 Å². The lowest BCUT2D eigenvalue weighted by Crippen LogP contribution is -2.55. The fraction of sp³-hybridized carbons (Fsp3) is 0.500. The average molecular weight is 455 g/mol. The number of piperazine rings is 1. The SMILES string of the molecule is COC(=O)C1(CCCN2CCN(c3ccccc3)CC2)Oc2cc(OC)ccc2CCC1O. The summed E-state index contributed by atoms with van der Waals surface area (Å²) in [6.07, 6.45) is 1.22. The molecule has 0 bridgehead atoms. The van der Waals surface area contributed by atoms with Gasteiger partial charge in [0.2, 0.25) is 5.60 Å². The number of aliphatic hydroxyl groups excluding tert-OH is 1. The lowest BCUT2D eigenvalue weighted by Gasteiger charge is -2.37. The highest BCUT2D eigenvalue weighted by atomic mass is 16.6. The van der Waals surface area contributed by atoms with Gasteiger partial charge in [-0.1, -0.05) is 24.3 Å². The smallest absolute Gasteiger partial charge is 0.352 e. The Bertz CT molecular complexity index is 930. The quantitative estimate of drug-likeness (QED) is 0.645. The summed E-state index contributed by atoms with van der Waals surface area (Å²) in [6, 6.07) is 16.1. The van der Waals surface area contributed by atoms with Gasteiger partial charge in [0.25, 0.3) is 0 Å². The molecule has 1 fully saturated rings. The lowest BCUT2D eigenvalue weighted by atomic mass is 9.88. The van der Waals surface area contributed by atoms with Gasteiger partial charge >= 0.3 is 5.97 Å². The number of aryl methyl sites for hydroxylation is 1. The van der Waals surface area contributed by atoms with E-state index in [1.165, 1.54) is 12.8 Å². The van der Waals surface area contributed by atoms with Crippen molar-refractivity contribution >= 4 is 11.7 Å². The van der Waals surface area contributed by atoms with Crippen molar-refractivity contribution in [2.45, 2.75) is 37.4 Å². The first kappa shape index (κ1) is 23.4. The zero-order valence-electron chi connectivity index (χ0n) is 19.5. The lowest BCUT2D eigenvalue weighted by molar-refractivity contribution is -0.171. The predicted octanol–water partition coefficient (Wildman–Crippen LogP) is 2.90. The molecule has 4 rings (SSSR count). The fourth-order valence-corrected chi connectivity index (χ4v) is 4.86. The first-order chi connectivity index (χ1) is 16.1. The maximum Gasteiger partial charge on any atom is 0.352 e. The second-order valence-electron chi connectivity index (χ2n) is 8.78. The van der Waals surface area contributed by atoms with Gasteiger partial charge in [-0.2, -0.15) is 0 Å². The van der Waals surface area contributed by atoms with E-state index < -0.39 is 17.7 Å². The van der Waals surface area contributed by atoms with Crippen LogP contribution in [0.1, 0.15) is 24.8 Å². The summed E-state index contributed by atoms with van der Waals surface area (Å²) in [4.78, 5) is 17.7. The molecule has 2 aliphatic heterocycles. The molecule has 1 saturated heterocycles. The third-order valence-electron chi connectivity index (χ3n) is 6.84. The number of anilines is 1. The van der Waals surface area contributed by atoms with Crippen LogP contribution in [0.2, 0.25) is 0 Å². The largest absolute Gasteiger partial charge is 0.497 e. The fourth-order valence-electron chi connectivity index (χ4n) is 4.86. The van der Waals surface area contributed by atoms with E-state index in [-0.39, 0.29) is 0 Å². The first-order valence-electron chi connectivity index (χ1n) is 11.7. The van der Waals surface area contributed by atoms with Crippen LogP contribution < -0.4 is 14.4 Å². The summed E-state index contributed by atoms with van der Waals surface area (Å²) in [5.74, 6) is 0.701. The Labute approximate surface area is 195 Å². The van der Waals surface area contributed by atoms with Gasteiger partial charge in [0.15, 0.2) is 0 Å². The third-order valence-corrected chi connectivity index (χ3v) is 6.84. The molecule has 7 heteroatoms. The van der Waals surface area contributed by atoms with Gasteiger partial charge in [-0.15, -0.1) is 0 Å². The van der Waals surface area contributed by atoms with Crippen LogP contribution >= 0.6 is 0 Å². The Morgan fingerprint density at radius 1 is 1.12 bits per heavy atom. The van der Waals surface area contributed by atoms with Gasteiger partial charge in [0.05, 0.1) is 14.2 Å². The number of nitrogens with zero attached hydrogens (tertiary/aromatic N) is 2. The molecular weight excluding hydrogens is 420 g/mol. The number of esters is 1.